The molecule has 0 radical (unpaired) electrons. The Hall–Kier alpha value is -2.60. The maximum Gasteiger partial charge on any atom is 0.241 e. The van der Waals surface area contributed by atoms with Crippen molar-refractivity contribution < 1.29 is 4.79 Å². The molecule has 0 spiro atoms. The SMILES string of the molecule is Cc1ccc(Cl)cc1N1CCN(C(=O)C2CC(c3cccc4ccccc34)NN2)CC1. The van der Waals surface area contributed by atoms with Crippen LogP contribution in [-0.4, -0.2) is 43.0 Å². The minimum absolute atomic E-state index is 0.121. The number of carbonyl (C=O) groups is 1. The summed E-state index contributed by atoms with van der Waals surface area (Å²) in [5, 5.41) is 3.21. The van der Waals surface area contributed by atoms with Crippen molar-refractivity contribution in [1.29, 1.82) is 0 Å². The van der Waals surface area contributed by atoms with Crippen molar-refractivity contribution in [3.05, 3.63) is 76.8 Å². The van der Waals surface area contributed by atoms with E-state index in [1.807, 2.05) is 17.0 Å². The van der Waals surface area contributed by atoms with Gasteiger partial charge in [-0.1, -0.05) is 60.1 Å². The summed E-state index contributed by atoms with van der Waals surface area (Å²) in [7, 11) is 0. The van der Waals surface area contributed by atoms with Crippen molar-refractivity contribution in [3.63, 3.8) is 0 Å². The molecule has 0 aliphatic carbocycles. The number of fused-ring (bicyclic) bond motifs is 1. The largest absolute Gasteiger partial charge is 0.368 e. The quantitative estimate of drug-likeness (QED) is 0.652. The van der Waals surface area contributed by atoms with Gasteiger partial charge in [0.25, 0.3) is 0 Å². The average molecular weight is 435 g/mol. The molecule has 3 aromatic carbocycles. The summed E-state index contributed by atoms with van der Waals surface area (Å²) in [6.45, 7) is 5.19. The Morgan fingerprint density at radius 3 is 2.58 bits per heavy atom. The minimum atomic E-state index is -0.205. The van der Waals surface area contributed by atoms with Crippen LogP contribution in [0.2, 0.25) is 5.02 Å². The molecule has 2 heterocycles. The summed E-state index contributed by atoms with van der Waals surface area (Å²) < 4.78 is 0. The van der Waals surface area contributed by atoms with Gasteiger partial charge in [0.2, 0.25) is 5.91 Å². The molecule has 0 bridgehead atoms. The first-order valence-corrected chi connectivity index (χ1v) is 11.3. The maximum atomic E-state index is 13.2. The van der Waals surface area contributed by atoms with Gasteiger partial charge in [0, 0.05) is 42.9 Å². The standard InChI is InChI=1S/C25H27ClN4O/c1-17-9-10-19(26)15-24(17)29-11-13-30(14-12-29)25(31)23-16-22(27-28-23)21-8-4-6-18-5-2-3-7-20(18)21/h2-10,15,22-23,27-28H,11-14,16H2,1H3. The van der Waals surface area contributed by atoms with Gasteiger partial charge in [-0.2, -0.15) is 0 Å². The Morgan fingerprint density at radius 1 is 0.968 bits per heavy atom. The lowest BCUT2D eigenvalue weighted by atomic mass is 9.96. The molecular weight excluding hydrogens is 408 g/mol. The van der Waals surface area contributed by atoms with Crippen LogP contribution in [0.3, 0.4) is 0 Å². The molecule has 2 atom stereocenters. The molecular formula is C25H27ClN4O. The van der Waals surface area contributed by atoms with Crippen LogP contribution in [0, 0.1) is 6.92 Å². The zero-order valence-electron chi connectivity index (χ0n) is 17.6. The Bertz CT molecular complexity index is 1100. The van der Waals surface area contributed by atoms with E-state index < -0.39 is 0 Å². The molecule has 0 saturated carbocycles. The molecule has 2 aliphatic rings. The Balaban J connectivity index is 1.23. The molecule has 1 amide bonds. The van der Waals surface area contributed by atoms with Crippen molar-refractivity contribution in [3.8, 4) is 0 Å². The topological polar surface area (TPSA) is 47.6 Å². The summed E-state index contributed by atoms with van der Waals surface area (Å²) in [6, 6.07) is 20.7. The molecule has 3 aromatic rings. The molecule has 2 aliphatic heterocycles. The average Bonchev–Trinajstić information content (AvgIpc) is 3.30. The monoisotopic (exact) mass is 434 g/mol. The van der Waals surface area contributed by atoms with Crippen molar-refractivity contribution in [2.75, 3.05) is 31.1 Å². The maximum absolute atomic E-state index is 13.2. The number of nitrogens with zero attached hydrogens (tertiary/aromatic N) is 2. The van der Waals surface area contributed by atoms with Gasteiger partial charge in [0.05, 0.1) is 0 Å². The van der Waals surface area contributed by atoms with Crippen LogP contribution in [0.25, 0.3) is 10.8 Å². The Kier molecular flexibility index (Phi) is 5.57. The van der Waals surface area contributed by atoms with E-state index in [4.69, 9.17) is 11.6 Å². The highest BCUT2D eigenvalue weighted by Crippen LogP contribution is 2.30. The number of carbonyl (C=O) groups excluding carboxylic acids is 1. The number of hydrogen-bond acceptors (Lipinski definition) is 4. The number of rotatable bonds is 3. The third kappa shape index (κ3) is 4.01. The normalized spacial score (nSPS) is 21.6. The van der Waals surface area contributed by atoms with E-state index >= 15 is 0 Å². The molecule has 160 valence electrons. The summed E-state index contributed by atoms with van der Waals surface area (Å²) in [4.78, 5) is 17.5. The number of amides is 1. The summed E-state index contributed by atoms with van der Waals surface area (Å²) in [6.07, 6.45) is 0.750. The van der Waals surface area contributed by atoms with Crippen LogP contribution in [0.5, 0.6) is 0 Å². The van der Waals surface area contributed by atoms with Gasteiger partial charge < -0.3 is 9.80 Å². The number of anilines is 1. The van der Waals surface area contributed by atoms with Gasteiger partial charge in [-0.05, 0) is 47.4 Å². The van der Waals surface area contributed by atoms with Gasteiger partial charge in [0.15, 0.2) is 0 Å². The van der Waals surface area contributed by atoms with Crippen LogP contribution in [-0.2, 0) is 4.79 Å². The fourth-order valence-corrected chi connectivity index (χ4v) is 4.95. The van der Waals surface area contributed by atoms with E-state index in [0.29, 0.717) is 0 Å². The lowest BCUT2D eigenvalue weighted by Gasteiger charge is -2.37. The van der Waals surface area contributed by atoms with E-state index in [2.05, 4.69) is 71.2 Å². The minimum Gasteiger partial charge on any atom is -0.368 e. The van der Waals surface area contributed by atoms with Crippen molar-refractivity contribution >= 4 is 34.0 Å². The third-order valence-electron chi connectivity index (χ3n) is 6.50. The van der Waals surface area contributed by atoms with Gasteiger partial charge in [0.1, 0.15) is 6.04 Å². The second-order valence-electron chi connectivity index (χ2n) is 8.44. The van der Waals surface area contributed by atoms with Crippen LogP contribution < -0.4 is 15.8 Å². The second kappa shape index (κ2) is 8.50. The van der Waals surface area contributed by atoms with Crippen LogP contribution in [0.4, 0.5) is 5.69 Å². The smallest absolute Gasteiger partial charge is 0.241 e. The molecule has 31 heavy (non-hydrogen) atoms. The molecule has 2 fully saturated rings. The van der Waals surface area contributed by atoms with Crippen molar-refractivity contribution in [2.24, 2.45) is 0 Å². The predicted molar refractivity (Wildman–Crippen MR) is 126 cm³/mol. The predicted octanol–water partition coefficient (Wildman–Crippen LogP) is 4.06. The zero-order chi connectivity index (χ0) is 21.4. The fraction of sp³-hybridized carbons (Fsp3) is 0.320. The van der Waals surface area contributed by atoms with Crippen LogP contribution in [0.1, 0.15) is 23.6 Å². The molecule has 5 nitrogen and oxygen atoms in total. The summed E-state index contributed by atoms with van der Waals surface area (Å²) >= 11 is 6.20. The molecule has 6 heteroatoms. The molecule has 0 aromatic heterocycles. The molecule has 5 rings (SSSR count). The Morgan fingerprint density at radius 2 is 1.74 bits per heavy atom. The second-order valence-corrected chi connectivity index (χ2v) is 8.88. The number of hydrogen-bond donors (Lipinski definition) is 2. The van der Waals surface area contributed by atoms with Crippen molar-refractivity contribution in [1.82, 2.24) is 15.8 Å². The van der Waals surface area contributed by atoms with Crippen LogP contribution in [0.15, 0.2) is 60.7 Å². The van der Waals surface area contributed by atoms with E-state index in [0.717, 1.165) is 43.3 Å². The highest BCUT2D eigenvalue weighted by molar-refractivity contribution is 6.30. The first-order chi connectivity index (χ1) is 15.1. The first-order valence-electron chi connectivity index (χ1n) is 10.9. The van der Waals surface area contributed by atoms with Gasteiger partial charge in [-0.3, -0.25) is 4.79 Å². The number of benzene rings is 3. The van der Waals surface area contributed by atoms with E-state index in [1.165, 1.54) is 21.9 Å². The van der Waals surface area contributed by atoms with Crippen LogP contribution >= 0.6 is 11.6 Å². The highest BCUT2D eigenvalue weighted by atomic mass is 35.5. The molecule has 2 unspecified atom stereocenters. The molecule has 2 N–H and O–H groups in total. The summed E-state index contributed by atoms with van der Waals surface area (Å²) in [5.74, 6) is 0.178. The number of piperazine rings is 1. The Labute approximate surface area is 187 Å². The van der Waals surface area contributed by atoms with Gasteiger partial charge in [-0.15, -0.1) is 0 Å². The number of nitrogens with one attached hydrogen (secondary N) is 2. The fourth-order valence-electron chi connectivity index (χ4n) is 4.79. The summed E-state index contributed by atoms with van der Waals surface area (Å²) in [5.41, 5.74) is 10.2. The first kappa shape index (κ1) is 20.3. The van der Waals surface area contributed by atoms with Crippen molar-refractivity contribution in [2.45, 2.75) is 25.4 Å². The number of hydrazine groups is 1. The van der Waals surface area contributed by atoms with Gasteiger partial charge >= 0.3 is 0 Å². The lowest BCUT2D eigenvalue weighted by molar-refractivity contribution is -0.133. The third-order valence-corrected chi connectivity index (χ3v) is 6.74. The van der Waals surface area contributed by atoms with E-state index in [1.54, 1.807) is 0 Å². The highest BCUT2D eigenvalue weighted by Gasteiger charge is 2.34. The van der Waals surface area contributed by atoms with Gasteiger partial charge in [-0.25, -0.2) is 10.9 Å². The molecule has 2 saturated heterocycles. The number of aryl methyl sites for hydroxylation is 1. The lowest BCUT2D eigenvalue weighted by Crippen LogP contribution is -2.53. The number of halogens is 1. The zero-order valence-corrected chi connectivity index (χ0v) is 18.4. The van der Waals surface area contributed by atoms with E-state index in [9.17, 15) is 4.79 Å². The van der Waals surface area contributed by atoms with E-state index in [-0.39, 0.29) is 18.0 Å².